The minimum atomic E-state index is -4.13. The standard InChI is InChI=1S/C29H29FN4O6S/c1-39-25-5-2-4-23(19-25)29(36)31-15-17-40-27-18-21(20-34-16-3-14-32-34)6-7-22(27)8-13-28(35)33-41(37,38)26-11-9-24(30)10-12-26/h2-7,9-12,14,16,18-19H,8,13,15,17,20H2,1H3,(H,31,36)(H,33,35). The van der Waals surface area contributed by atoms with E-state index in [1.807, 2.05) is 35.2 Å². The van der Waals surface area contributed by atoms with Crippen LogP contribution in [-0.2, 0) is 27.8 Å². The third-order valence-electron chi connectivity index (χ3n) is 6.01. The maximum Gasteiger partial charge on any atom is 0.264 e. The van der Waals surface area contributed by atoms with E-state index in [1.54, 1.807) is 35.1 Å². The average molecular weight is 581 g/mol. The second-order valence-corrected chi connectivity index (χ2v) is 10.6. The Bertz CT molecular complexity index is 1590. The lowest BCUT2D eigenvalue weighted by molar-refractivity contribution is -0.119. The van der Waals surface area contributed by atoms with Crippen molar-refractivity contribution in [2.24, 2.45) is 0 Å². The van der Waals surface area contributed by atoms with Crippen LogP contribution in [0.2, 0.25) is 0 Å². The number of aromatic nitrogens is 2. The Morgan fingerprint density at radius 3 is 2.56 bits per heavy atom. The van der Waals surface area contributed by atoms with E-state index in [1.165, 1.54) is 7.11 Å². The van der Waals surface area contributed by atoms with Gasteiger partial charge in [0.1, 0.15) is 23.9 Å². The van der Waals surface area contributed by atoms with Crippen LogP contribution in [0.4, 0.5) is 4.39 Å². The second kappa shape index (κ2) is 13.6. The van der Waals surface area contributed by atoms with E-state index >= 15 is 0 Å². The van der Waals surface area contributed by atoms with Gasteiger partial charge in [-0.15, -0.1) is 0 Å². The molecule has 0 aliphatic rings. The summed E-state index contributed by atoms with van der Waals surface area (Å²) in [6.45, 7) is 0.862. The SMILES string of the molecule is COc1cccc(C(=O)NCCOc2cc(Cn3cccn3)ccc2CCC(=O)NS(=O)(=O)c2ccc(F)cc2)c1. The number of carbonyl (C=O) groups is 2. The number of halogens is 1. The Labute approximate surface area is 237 Å². The number of nitrogens with zero attached hydrogens (tertiary/aromatic N) is 2. The third kappa shape index (κ3) is 8.39. The molecular weight excluding hydrogens is 551 g/mol. The molecule has 0 radical (unpaired) electrons. The van der Waals surface area contributed by atoms with Gasteiger partial charge in [0, 0.05) is 24.4 Å². The fourth-order valence-electron chi connectivity index (χ4n) is 3.93. The van der Waals surface area contributed by atoms with E-state index in [4.69, 9.17) is 9.47 Å². The molecule has 1 aromatic heterocycles. The van der Waals surface area contributed by atoms with E-state index < -0.39 is 21.7 Å². The predicted octanol–water partition coefficient (Wildman–Crippen LogP) is 3.33. The van der Waals surface area contributed by atoms with Crippen LogP contribution in [0.1, 0.15) is 27.9 Å². The number of amides is 2. The summed E-state index contributed by atoms with van der Waals surface area (Å²) in [5.41, 5.74) is 2.03. The monoisotopic (exact) mass is 580 g/mol. The molecule has 3 aromatic carbocycles. The first-order valence-corrected chi connectivity index (χ1v) is 14.2. The van der Waals surface area contributed by atoms with Crippen LogP contribution in [0.3, 0.4) is 0 Å². The topological polar surface area (TPSA) is 129 Å². The zero-order valence-electron chi connectivity index (χ0n) is 22.2. The first kappa shape index (κ1) is 29.3. The number of methoxy groups -OCH3 is 1. The van der Waals surface area contributed by atoms with E-state index in [0.29, 0.717) is 29.2 Å². The summed E-state index contributed by atoms with van der Waals surface area (Å²) in [7, 11) is -2.61. The molecule has 12 heteroatoms. The van der Waals surface area contributed by atoms with Crippen molar-refractivity contribution in [3.8, 4) is 11.5 Å². The zero-order chi connectivity index (χ0) is 29.2. The van der Waals surface area contributed by atoms with Crippen molar-refractivity contribution in [2.45, 2.75) is 24.3 Å². The summed E-state index contributed by atoms with van der Waals surface area (Å²) >= 11 is 0. The maximum absolute atomic E-state index is 13.2. The Balaban J connectivity index is 1.39. The molecule has 4 rings (SSSR count). The van der Waals surface area contributed by atoms with Crippen LogP contribution in [0.15, 0.2) is 90.1 Å². The van der Waals surface area contributed by atoms with Crippen molar-refractivity contribution in [3.05, 3.63) is 108 Å². The number of nitrogens with one attached hydrogen (secondary N) is 2. The number of carbonyl (C=O) groups excluding carboxylic acids is 2. The lowest BCUT2D eigenvalue weighted by Crippen LogP contribution is -2.30. The fraction of sp³-hybridized carbons (Fsp3) is 0.207. The van der Waals surface area contributed by atoms with Gasteiger partial charge in [0.2, 0.25) is 5.91 Å². The molecule has 0 aliphatic heterocycles. The Morgan fingerprint density at radius 2 is 1.83 bits per heavy atom. The number of ether oxygens (including phenoxy) is 2. The highest BCUT2D eigenvalue weighted by Crippen LogP contribution is 2.23. The maximum atomic E-state index is 13.2. The molecule has 0 aliphatic carbocycles. The van der Waals surface area contributed by atoms with E-state index in [-0.39, 0.29) is 36.8 Å². The van der Waals surface area contributed by atoms with Gasteiger partial charge >= 0.3 is 0 Å². The number of rotatable bonds is 13. The molecule has 41 heavy (non-hydrogen) atoms. The van der Waals surface area contributed by atoms with Gasteiger partial charge in [-0.25, -0.2) is 17.5 Å². The van der Waals surface area contributed by atoms with E-state index in [9.17, 15) is 22.4 Å². The average Bonchev–Trinajstić information content (AvgIpc) is 3.48. The minimum Gasteiger partial charge on any atom is -0.497 e. The highest BCUT2D eigenvalue weighted by molar-refractivity contribution is 7.90. The summed E-state index contributed by atoms with van der Waals surface area (Å²) in [5.74, 6) is -0.508. The summed E-state index contributed by atoms with van der Waals surface area (Å²) in [6.07, 6.45) is 3.56. The molecule has 214 valence electrons. The van der Waals surface area contributed by atoms with Gasteiger partial charge in [0.25, 0.3) is 15.9 Å². The van der Waals surface area contributed by atoms with Gasteiger partial charge in [-0.1, -0.05) is 18.2 Å². The zero-order valence-corrected chi connectivity index (χ0v) is 23.1. The first-order valence-electron chi connectivity index (χ1n) is 12.7. The number of hydrogen-bond donors (Lipinski definition) is 2. The van der Waals surface area contributed by atoms with Gasteiger partial charge in [0.05, 0.1) is 25.1 Å². The van der Waals surface area contributed by atoms with E-state index in [2.05, 4.69) is 10.4 Å². The molecule has 0 spiro atoms. The third-order valence-corrected chi connectivity index (χ3v) is 7.40. The summed E-state index contributed by atoms with van der Waals surface area (Å²) in [4.78, 5) is 24.8. The molecule has 2 amide bonds. The van der Waals surface area contributed by atoms with Crippen molar-refractivity contribution >= 4 is 21.8 Å². The van der Waals surface area contributed by atoms with Crippen molar-refractivity contribution in [1.82, 2.24) is 19.8 Å². The van der Waals surface area contributed by atoms with E-state index in [0.717, 1.165) is 29.8 Å². The quantitative estimate of drug-likeness (QED) is 0.232. The normalized spacial score (nSPS) is 11.1. The number of sulfonamides is 1. The van der Waals surface area contributed by atoms with Crippen molar-refractivity contribution in [3.63, 3.8) is 0 Å². The van der Waals surface area contributed by atoms with Crippen LogP contribution >= 0.6 is 0 Å². The number of aryl methyl sites for hydroxylation is 1. The molecule has 0 atom stereocenters. The summed E-state index contributed by atoms with van der Waals surface area (Å²) in [6, 6.07) is 18.3. The van der Waals surface area contributed by atoms with Gasteiger partial charge in [-0.3, -0.25) is 14.3 Å². The van der Waals surface area contributed by atoms with Gasteiger partial charge in [-0.05, 0) is 72.1 Å². The molecule has 4 aromatic rings. The van der Waals surface area contributed by atoms with Gasteiger partial charge < -0.3 is 14.8 Å². The molecular formula is C29H29FN4O6S. The van der Waals surface area contributed by atoms with Crippen LogP contribution in [-0.4, -0.2) is 50.3 Å². The smallest absolute Gasteiger partial charge is 0.264 e. The van der Waals surface area contributed by atoms with Crippen LogP contribution in [0.25, 0.3) is 0 Å². The first-order chi connectivity index (χ1) is 19.7. The molecule has 2 N–H and O–H groups in total. The fourth-order valence-corrected chi connectivity index (χ4v) is 4.95. The molecule has 0 saturated heterocycles. The molecule has 0 fully saturated rings. The van der Waals surface area contributed by atoms with Crippen LogP contribution in [0.5, 0.6) is 11.5 Å². The minimum absolute atomic E-state index is 0.137. The van der Waals surface area contributed by atoms with Crippen molar-refractivity contribution in [2.75, 3.05) is 20.3 Å². The second-order valence-electron chi connectivity index (χ2n) is 8.96. The molecule has 0 unspecified atom stereocenters. The summed E-state index contributed by atoms with van der Waals surface area (Å²) in [5, 5.41) is 7.01. The summed E-state index contributed by atoms with van der Waals surface area (Å²) < 4.78 is 53.0. The Morgan fingerprint density at radius 1 is 1.02 bits per heavy atom. The number of benzene rings is 3. The van der Waals surface area contributed by atoms with Crippen LogP contribution < -0.4 is 19.5 Å². The molecule has 0 saturated carbocycles. The molecule has 0 bridgehead atoms. The molecule has 1 heterocycles. The number of hydrogen-bond acceptors (Lipinski definition) is 7. The molecule has 10 nitrogen and oxygen atoms in total. The lowest BCUT2D eigenvalue weighted by Gasteiger charge is -2.14. The predicted molar refractivity (Wildman–Crippen MR) is 149 cm³/mol. The van der Waals surface area contributed by atoms with Gasteiger partial charge in [0.15, 0.2) is 0 Å². The highest BCUT2D eigenvalue weighted by atomic mass is 32.2. The Kier molecular flexibility index (Phi) is 9.69. The highest BCUT2D eigenvalue weighted by Gasteiger charge is 2.18. The van der Waals surface area contributed by atoms with Crippen molar-refractivity contribution < 1.29 is 31.9 Å². The largest absolute Gasteiger partial charge is 0.497 e. The lowest BCUT2D eigenvalue weighted by atomic mass is 10.1. The van der Waals surface area contributed by atoms with Gasteiger partial charge in [-0.2, -0.15) is 5.10 Å². The van der Waals surface area contributed by atoms with Crippen LogP contribution in [0, 0.1) is 5.82 Å². The van der Waals surface area contributed by atoms with Crippen molar-refractivity contribution in [1.29, 1.82) is 0 Å². The Hall–Kier alpha value is -4.71.